The monoisotopic (exact) mass is 291 g/mol. The maximum Gasteiger partial charge on any atom is 0.249 e. The van der Waals surface area contributed by atoms with Gasteiger partial charge in [-0.25, -0.2) is 0 Å². The molecule has 0 spiro atoms. The Balaban J connectivity index is 1.78. The number of fused-ring (bicyclic) bond motifs is 1. The molecule has 0 radical (unpaired) electrons. The number of nitrogens with zero attached hydrogens (tertiary/aromatic N) is 2. The van der Waals surface area contributed by atoms with Crippen molar-refractivity contribution in [2.24, 2.45) is 5.73 Å². The van der Waals surface area contributed by atoms with E-state index >= 15 is 0 Å². The van der Waals surface area contributed by atoms with Gasteiger partial charge in [0, 0.05) is 35.5 Å². The standard InChI is InChI=1S/C14H17N3O2S/c1-8-11(9(2)19-16-8)5-17-4-3-10-12(14(15)18)7-20-13(10)6-17/h7H,3-6H2,1-2H3,(H2,15,18). The molecule has 1 amide bonds. The second-order valence-electron chi connectivity index (χ2n) is 5.18. The highest BCUT2D eigenvalue weighted by Gasteiger charge is 2.24. The summed E-state index contributed by atoms with van der Waals surface area (Å²) in [6, 6.07) is 0. The molecule has 3 rings (SSSR count). The maximum absolute atomic E-state index is 11.4. The van der Waals surface area contributed by atoms with E-state index in [-0.39, 0.29) is 5.91 Å². The molecular formula is C14H17N3O2S. The van der Waals surface area contributed by atoms with Crippen LogP contribution in [0.5, 0.6) is 0 Å². The molecule has 2 N–H and O–H groups in total. The summed E-state index contributed by atoms with van der Waals surface area (Å²) in [5, 5.41) is 5.87. The number of carbonyl (C=O) groups excluding carboxylic acids is 1. The van der Waals surface area contributed by atoms with E-state index in [2.05, 4.69) is 10.1 Å². The van der Waals surface area contributed by atoms with Gasteiger partial charge in [-0.3, -0.25) is 9.69 Å². The van der Waals surface area contributed by atoms with Crippen LogP contribution in [0.1, 0.15) is 37.8 Å². The van der Waals surface area contributed by atoms with E-state index in [0.717, 1.165) is 43.1 Å². The van der Waals surface area contributed by atoms with Crippen LogP contribution in [0.15, 0.2) is 9.90 Å². The van der Waals surface area contributed by atoms with E-state index in [9.17, 15) is 4.79 Å². The van der Waals surface area contributed by atoms with Gasteiger partial charge in [-0.05, 0) is 25.8 Å². The minimum Gasteiger partial charge on any atom is -0.366 e. The first kappa shape index (κ1) is 13.3. The summed E-state index contributed by atoms with van der Waals surface area (Å²) >= 11 is 1.62. The molecule has 2 aromatic rings. The Hall–Kier alpha value is -1.66. The largest absolute Gasteiger partial charge is 0.366 e. The van der Waals surface area contributed by atoms with Gasteiger partial charge in [0.15, 0.2) is 0 Å². The van der Waals surface area contributed by atoms with E-state index in [0.29, 0.717) is 5.56 Å². The van der Waals surface area contributed by atoms with Crippen molar-refractivity contribution in [3.63, 3.8) is 0 Å². The number of primary amides is 1. The van der Waals surface area contributed by atoms with Crippen molar-refractivity contribution in [3.05, 3.63) is 38.4 Å². The summed E-state index contributed by atoms with van der Waals surface area (Å²) in [5.74, 6) is 0.568. The highest BCUT2D eigenvalue weighted by atomic mass is 32.1. The van der Waals surface area contributed by atoms with Crippen molar-refractivity contribution in [2.75, 3.05) is 6.54 Å². The maximum atomic E-state index is 11.4. The van der Waals surface area contributed by atoms with Crippen LogP contribution in [0.25, 0.3) is 0 Å². The van der Waals surface area contributed by atoms with Crippen molar-refractivity contribution in [3.8, 4) is 0 Å². The van der Waals surface area contributed by atoms with Gasteiger partial charge in [-0.15, -0.1) is 11.3 Å². The number of hydrogen-bond acceptors (Lipinski definition) is 5. The molecule has 1 aliphatic heterocycles. The molecule has 5 nitrogen and oxygen atoms in total. The normalized spacial score (nSPS) is 15.3. The first-order valence-corrected chi connectivity index (χ1v) is 7.47. The van der Waals surface area contributed by atoms with Crippen LogP contribution in [0, 0.1) is 13.8 Å². The summed E-state index contributed by atoms with van der Waals surface area (Å²) in [4.78, 5) is 15.0. The van der Waals surface area contributed by atoms with Gasteiger partial charge in [0.1, 0.15) is 5.76 Å². The van der Waals surface area contributed by atoms with Crippen LogP contribution in [-0.2, 0) is 19.5 Å². The van der Waals surface area contributed by atoms with Crippen LogP contribution in [-0.4, -0.2) is 22.5 Å². The zero-order chi connectivity index (χ0) is 14.3. The molecule has 0 aliphatic carbocycles. The Kier molecular flexibility index (Phi) is 3.35. The second kappa shape index (κ2) is 5.03. The summed E-state index contributed by atoms with van der Waals surface area (Å²) < 4.78 is 5.21. The lowest BCUT2D eigenvalue weighted by molar-refractivity contribution is 0.0999. The predicted octanol–water partition coefficient (Wildman–Crippen LogP) is 2.01. The lowest BCUT2D eigenvalue weighted by Gasteiger charge is -2.26. The highest BCUT2D eigenvalue weighted by molar-refractivity contribution is 7.10. The van der Waals surface area contributed by atoms with Crippen LogP contribution in [0.3, 0.4) is 0 Å². The Morgan fingerprint density at radius 2 is 2.35 bits per heavy atom. The minimum absolute atomic E-state index is 0.318. The number of amides is 1. The molecule has 0 saturated carbocycles. The molecule has 0 unspecified atom stereocenters. The lowest BCUT2D eigenvalue weighted by atomic mass is 10.0. The quantitative estimate of drug-likeness (QED) is 0.939. The molecule has 20 heavy (non-hydrogen) atoms. The van der Waals surface area contributed by atoms with Crippen molar-refractivity contribution in [2.45, 2.75) is 33.4 Å². The van der Waals surface area contributed by atoms with E-state index in [1.807, 2.05) is 19.2 Å². The van der Waals surface area contributed by atoms with E-state index in [1.165, 1.54) is 10.4 Å². The third kappa shape index (κ3) is 2.25. The zero-order valence-corrected chi connectivity index (χ0v) is 12.4. The van der Waals surface area contributed by atoms with E-state index in [4.69, 9.17) is 10.3 Å². The summed E-state index contributed by atoms with van der Waals surface area (Å²) in [5.41, 5.74) is 9.36. The minimum atomic E-state index is -0.318. The Morgan fingerprint density at radius 3 is 3.00 bits per heavy atom. The first-order chi connectivity index (χ1) is 9.56. The summed E-state index contributed by atoms with van der Waals surface area (Å²) in [6.07, 6.45) is 0.875. The summed E-state index contributed by atoms with van der Waals surface area (Å²) in [7, 11) is 0. The number of nitrogens with two attached hydrogens (primary N) is 1. The van der Waals surface area contributed by atoms with Crippen molar-refractivity contribution in [1.82, 2.24) is 10.1 Å². The van der Waals surface area contributed by atoms with E-state index < -0.39 is 0 Å². The number of carbonyl (C=O) groups is 1. The third-order valence-corrected chi connectivity index (χ3v) is 4.87. The van der Waals surface area contributed by atoms with Crippen molar-refractivity contribution >= 4 is 17.2 Å². The molecular weight excluding hydrogens is 274 g/mol. The summed E-state index contributed by atoms with van der Waals surface area (Å²) in [6.45, 7) is 6.54. The first-order valence-electron chi connectivity index (χ1n) is 6.59. The smallest absolute Gasteiger partial charge is 0.249 e. The van der Waals surface area contributed by atoms with E-state index in [1.54, 1.807) is 11.3 Å². The molecule has 3 heterocycles. The number of rotatable bonds is 3. The third-order valence-electron chi connectivity index (χ3n) is 3.85. The Bertz CT molecular complexity index is 640. The number of aryl methyl sites for hydroxylation is 2. The topological polar surface area (TPSA) is 72.4 Å². The van der Waals surface area contributed by atoms with Gasteiger partial charge in [0.2, 0.25) is 5.91 Å². The van der Waals surface area contributed by atoms with Gasteiger partial charge in [0.25, 0.3) is 0 Å². The fourth-order valence-electron chi connectivity index (χ4n) is 2.67. The van der Waals surface area contributed by atoms with Crippen LogP contribution in [0.4, 0.5) is 0 Å². The lowest BCUT2D eigenvalue weighted by Crippen LogP contribution is -2.30. The van der Waals surface area contributed by atoms with Gasteiger partial charge in [-0.1, -0.05) is 5.16 Å². The SMILES string of the molecule is Cc1noc(C)c1CN1CCc2c(C(N)=O)csc2C1. The van der Waals surface area contributed by atoms with Gasteiger partial charge >= 0.3 is 0 Å². The van der Waals surface area contributed by atoms with Gasteiger partial charge < -0.3 is 10.3 Å². The Morgan fingerprint density at radius 1 is 1.55 bits per heavy atom. The number of aromatic nitrogens is 1. The number of hydrogen-bond donors (Lipinski definition) is 1. The predicted molar refractivity (Wildman–Crippen MR) is 76.6 cm³/mol. The molecule has 1 aliphatic rings. The van der Waals surface area contributed by atoms with Crippen LogP contribution < -0.4 is 5.73 Å². The average molecular weight is 291 g/mol. The van der Waals surface area contributed by atoms with Gasteiger partial charge in [0.05, 0.1) is 11.3 Å². The molecule has 0 bridgehead atoms. The average Bonchev–Trinajstić information content (AvgIpc) is 2.96. The zero-order valence-electron chi connectivity index (χ0n) is 11.6. The second-order valence-corrected chi connectivity index (χ2v) is 6.14. The molecule has 0 atom stereocenters. The molecule has 2 aromatic heterocycles. The van der Waals surface area contributed by atoms with Crippen molar-refractivity contribution < 1.29 is 9.32 Å². The fraction of sp³-hybridized carbons (Fsp3) is 0.429. The van der Waals surface area contributed by atoms with Crippen molar-refractivity contribution in [1.29, 1.82) is 0 Å². The van der Waals surface area contributed by atoms with Crippen LogP contribution >= 0.6 is 11.3 Å². The molecule has 0 aromatic carbocycles. The molecule has 106 valence electrons. The molecule has 0 fully saturated rings. The van der Waals surface area contributed by atoms with Gasteiger partial charge in [-0.2, -0.15) is 0 Å². The Labute approximate surface area is 121 Å². The highest BCUT2D eigenvalue weighted by Crippen LogP contribution is 2.29. The molecule has 6 heteroatoms. The van der Waals surface area contributed by atoms with Crippen LogP contribution in [0.2, 0.25) is 0 Å². The molecule has 0 saturated heterocycles. The number of thiophene rings is 1. The fourth-order valence-corrected chi connectivity index (χ4v) is 3.80.